The first-order valence-electron chi connectivity index (χ1n) is 6.07. The predicted octanol–water partition coefficient (Wildman–Crippen LogP) is 2.64. The van der Waals surface area contributed by atoms with Crippen molar-refractivity contribution in [2.45, 2.75) is 6.54 Å². The maximum atomic E-state index is 4.99. The van der Waals surface area contributed by atoms with E-state index in [0.717, 1.165) is 28.1 Å². The molecule has 1 heterocycles. The fourth-order valence-corrected chi connectivity index (χ4v) is 2.05. The van der Waals surface area contributed by atoms with Crippen molar-refractivity contribution in [3.63, 3.8) is 0 Å². The highest BCUT2D eigenvalue weighted by Crippen LogP contribution is 2.19. The molecule has 0 aliphatic carbocycles. The van der Waals surface area contributed by atoms with E-state index in [1.54, 1.807) is 13.3 Å². The molecule has 0 aliphatic rings. The van der Waals surface area contributed by atoms with Gasteiger partial charge in [0.1, 0.15) is 0 Å². The van der Waals surface area contributed by atoms with E-state index >= 15 is 0 Å². The van der Waals surface area contributed by atoms with E-state index in [1.807, 2.05) is 30.3 Å². The van der Waals surface area contributed by atoms with E-state index < -0.39 is 0 Å². The van der Waals surface area contributed by atoms with Crippen molar-refractivity contribution < 1.29 is 4.74 Å². The minimum atomic E-state index is 0.698. The molecule has 0 saturated heterocycles. The molecule has 0 atom stereocenters. The second-order valence-electron chi connectivity index (χ2n) is 4.05. The molecule has 2 rings (SSSR count). The Hall–Kier alpha value is -1.30. The Labute approximate surface area is 121 Å². The summed E-state index contributed by atoms with van der Waals surface area (Å²) >= 11 is 3.46. The van der Waals surface area contributed by atoms with E-state index in [-0.39, 0.29) is 0 Å². The average molecular weight is 322 g/mol. The van der Waals surface area contributed by atoms with Crippen molar-refractivity contribution in [3.8, 4) is 11.4 Å². The largest absolute Gasteiger partial charge is 0.383 e. The summed E-state index contributed by atoms with van der Waals surface area (Å²) in [5.74, 6) is 0.743. The summed E-state index contributed by atoms with van der Waals surface area (Å²) in [6, 6.07) is 9.90. The van der Waals surface area contributed by atoms with Crippen molar-refractivity contribution in [2.75, 3.05) is 20.3 Å². The highest BCUT2D eigenvalue weighted by molar-refractivity contribution is 9.10. The summed E-state index contributed by atoms with van der Waals surface area (Å²) in [6.45, 7) is 2.23. The Bertz CT molecular complexity index is 534. The molecule has 0 unspecified atom stereocenters. The van der Waals surface area contributed by atoms with Crippen LogP contribution < -0.4 is 5.32 Å². The molecule has 0 spiro atoms. The number of rotatable bonds is 6. The van der Waals surface area contributed by atoms with E-state index in [9.17, 15) is 0 Å². The SMILES string of the molecule is COCCNCc1ccnc(-c2cccc(Br)c2)n1. The van der Waals surface area contributed by atoms with E-state index in [1.165, 1.54) is 0 Å². The molecule has 100 valence electrons. The monoisotopic (exact) mass is 321 g/mol. The third-order valence-corrected chi connectivity index (χ3v) is 3.08. The van der Waals surface area contributed by atoms with Crippen molar-refractivity contribution in [3.05, 3.63) is 46.7 Å². The Morgan fingerprint density at radius 1 is 1.32 bits per heavy atom. The highest BCUT2D eigenvalue weighted by Gasteiger charge is 2.03. The zero-order chi connectivity index (χ0) is 13.5. The molecule has 0 amide bonds. The van der Waals surface area contributed by atoms with Gasteiger partial charge in [-0.25, -0.2) is 9.97 Å². The van der Waals surface area contributed by atoms with Crippen LogP contribution in [0.1, 0.15) is 5.69 Å². The maximum absolute atomic E-state index is 4.99. The van der Waals surface area contributed by atoms with Crippen molar-refractivity contribution >= 4 is 15.9 Å². The first-order chi connectivity index (χ1) is 9.29. The Balaban J connectivity index is 2.06. The summed E-state index contributed by atoms with van der Waals surface area (Å²) in [7, 11) is 1.69. The lowest BCUT2D eigenvalue weighted by Gasteiger charge is -2.06. The van der Waals surface area contributed by atoms with Crippen LogP contribution >= 0.6 is 15.9 Å². The van der Waals surface area contributed by atoms with Crippen LogP contribution in [0.2, 0.25) is 0 Å². The number of halogens is 1. The molecule has 1 aromatic heterocycles. The van der Waals surface area contributed by atoms with Gasteiger partial charge in [0.25, 0.3) is 0 Å². The number of nitrogens with one attached hydrogen (secondary N) is 1. The van der Waals surface area contributed by atoms with Crippen LogP contribution in [0.25, 0.3) is 11.4 Å². The number of nitrogens with zero attached hydrogens (tertiary/aromatic N) is 2. The van der Waals surface area contributed by atoms with Gasteiger partial charge in [0.05, 0.1) is 12.3 Å². The number of methoxy groups -OCH3 is 1. The van der Waals surface area contributed by atoms with E-state index in [2.05, 4.69) is 31.2 Å². The second-order valence-corrected chi connectivity index (χ2v) is 4.97. The molecule has 4 nitrogen and oxygen atoms in total. The fraction of sp³-hybridized carbons (Fsp3) is 0.286. The number of ether oxygens (including phenoxy) is 1. The van der Waals surface area contributed by atoms with Gasteiger partial charge < -0.3 is 10.1 Å². The predicted molar refractivity (Wildman–Crippen MR) is 78.8 cm³/mol. The summed E-state index contributed by atoms with van der Waals surface area (Å²) in [6.07, 6.45) is 1.79. The van der Waals surface area contributed by atoms with Crippen molar-refractivity contribution in [1.82, 2.24) is 15.3 Å². The summed E-state index contributed by atoms with van der Waals surface area (Å²) in [4.78, 5) is 8.86. The lowest BCUT2D eigenvalue weighted by Crippen LogP contribution is -2.19. The van der Waals surface area contributed by atoms with Crippen molar-refractivity contribution in [2.24, 2.45) is 0 Å². The molecule has 0 radical (unpaired) electrons. The molecule has 0 fully saturated rings. The lowest BCUT2D eigenvalue weighted by atomic mass is 10.2. The van der Waals surface area contributed by atoms with Gasteiger partial charge in [-0.15, -0.1) is 0 Å². The van der Waals surface area contributed by atoms with E-state index in [0.29, 0.717) is 13.2 Å². The van der Waals surface area contributed by atoms with Crippen LogP contribution in [0.4, 0.5) is 0 Å². The molecule has 0 aliphatic heterocycles. The van der Waals surface area contributed by atoms with Crippen LogP contribution in [0.3, 0.4) is 0 Å². The summed E-state index contributed by atoms with van der Waals surface area (Å²) in [5, 5.41) is 3.27. The van der Waals surface area contributed by atoms with Crippen LogP contribution in [-0.4, -0.2) is 30.2 Å². The van der Waals surface area contributed by atoms with Gasteiger partial charge in [-0.05, 0) is 18.2 Å². The molecular formula is C14H16BrN3O. The maximum Gasteiger partial charge on any atom is 0.159 e. The quantitative estimate of drug-likeness (QED) is 0.831. The van der Waals surface area contributed by atoms with Crippen LogP contribution in [0, 0.1) is 0 Å². The van der Waals surface area contributed by atoms with Crippen molar-refractivity contribution in [1.29, 1.82) is 0 Å². The molecule has 2 aromatic rings. The van der Waals surface area contributed by atoms with Gasteiger partial charge in [0.15, 0.2) is 5.82 Å². The number of benzene rings is 1. The highest BCUT2D eigenvalue weighted by atomic mass is 79.9. The Kier molecular flexibility index (Phi) is 5.44. The number of hydrogen-bond acceptors (Lipinski definition) is 4. The fourth-order valence-electron chi connectivity index (χ4n) is 1.65. The van der Waals surface area contributed by atoms with Crippen LogP contribution in [-0.2, 0) is 11.3 Å². The van der Waals surface area contributed by atoms with Crippen LogP contribution in [0.15, 0.2) is 41.0 Å². The summed E-state index contributed by atoms with van der Waals surface area (Å²) < 4.78 is 6.01. The minimum Gasteiger partial charge on any atom is -0.383 e. The number of aromatic nitrogens is 2. The van der Waals surface area contributed by atoms with Gasteiger partial charge in [0.2, 0.25) is 0 Å². The summed E-state index contributed by atoms with van der Waals surface area (Å²) in [5.41, 5.74) is 1.98. The smallest absolute Gasteiger partial charge is 0.159 e. The zero-order valence-corrected chi connectivity index (χ0v) is 12.4. The molecule has 0 saturated carbocycles. The van der Waals surface area contributed by atoms with Gasteiger partial charge in [-0.1, -0.05) is 28.1 Å². The lowest BCUT2D eigenvalue weighted by molar-refractivity contribution is 0.199. The molecule has 5 heteroatoms. The molecular weight excluding hydrogens is 306 g/mol. The standard InChI is InChI=1S/C14H16BrN3O/c1-19-8-7-16-10-13-5-6-17-14(18-13)11-3-2-4-12(15)9-11/h2-6,9,16H,7-8,10H2,1H3. The Morgan fingerprint density at radius 3 is 3.00 bits per heavy atom. The number of hydrogen-bond donors (Lipinski definition) is 1. The normalized spacial score (nSPS) is 10.6. The topological polar surface area (TPSA) is 47.0 Å². The Morgan fingerprint density at radius 2 is 2.21 bits per heavy atom. The minimum absolute atomic E-state index is 0.698. The van der Waals surface area contributed by atoms with Crippen LogP contribution in [0.5, 0.6) is 0 Å². The van der Waals surface area contributed by atoms with E-state index in [4.69, 9.17) is 4.74 Å². The zero-order valence-electron chi connectivity index (χ0n) is 10.8. The first-order valence-corrected chi connectivity index (χ1v) is 6.86. The van der Waals surface area contributed by atoms with Gasteiger partial charge in [-0.2, -0.15) is 0 Å². The average Bonchev–Trinajstić information content (AvgIpc) is 2.44. The molecule has 0 bridgehead atoms. The molecule has 19 heavy (non-hydrogen) atoms. The first kappa shape index (κ1) is 14.1. The third-order valence-electron chi connectivity index (χ3n) is 2.59. The molecule has 1 aromatic carbocycles. The second kappa shape index (κ2) is 7.33. The van der Waals surface area contributed by atoms with Gasteiger partial charge in [-0.3, -0.25) is 0 Å². The molecule has 1 N–H and O–H groups in total. The third kappa shape index (κ3) is 4.38. The van der Waals surface area contributed by atoms with Gasteiger partial charge in [0, 0.05) is 36.4 Å². The van der Waals surface area contributed by atoms with Gasteiger partial charge >= 0.3 is 0 Å².